The highest BCUT2D eigenvalue weighted by Crippen LogP contribution is 2.28. The average Bonchev–Trinajstić information content (AvgIpc) is 2.44. The molecule has 0 radical (unpaired) electrons. The van der Waals surface area contributed by atoms with Gasteiger partial charge in [-0.05, 0) is 32.2 Å². The Morgan fingerprint density at radius 3 is 2.17 bits per heavy atom. The molecule has 1 fully saturated rings. The quantitative estimate of drug-likeness (QED) is 0.568. The van der Waals surface area contributed by atoms with Crippen molar-refractivity contribution in [2.45, 2.75) is 77.6 Å². The molecule has 0 atom stereocenters. The smallest absolute Gasteiger partial charge is 0.0568 e. The molecule has 1 aliphatic rings. The highest BCUT2D eigenvalue weighted by Gasteiger charge is 2.26. The molecule has 1 saturated heterocycles. The number of nitrogens with zero attached hydrogens (tertiary/aromatic N) is 1. The molecular weight excluding hydrogens is 234 g/mol. The fourth-order valence-electron chi connectivity index (χ4n) is 3.26. The first-order valence-corrected chi connectivity index (χ1v) is 10.9. The third kappa shape index (κ3) is 4.45. The number of piperidine rings is 1. The van der Waals surface area contributed by atoms with E-state index in [-0.39, 0.29) is 0 Å². The molecule has 0 aliphatic carbocycles. The van der Waals surface area contributed by atoms with Gasteiger partial charge in [0.2, 0.25) is 0 Å². The summed E-state index contributed by atoms with van der Waals surface area (Å²) in [4.78, 5) is 2.61. The van der Waals surface area contributed by atoms with Gasteiger partial charge in [-0.2, -0.15) is 0 Å². The van der Waals surface area contributed by atoms with E-state index in [2.05, 4.69) is 38.7 Å². The van der Waals surface area contributed by atoms with Gasteiger partial charge >= 0.3 is 0 Å². The minimum atomic E-state index is -0.973. The summed E-state index contributed by atoms with van der Waals surface area (Å²) in [5.41, 5.74) is 1.56. The Morgan fingerprint density at radius 2 is 1.67 bits per heavy atom. The minimum absolute atomic E-state index is 0.973. The van der Waals surface area contributed by atoms with Crippen LogP contribution in [0.1, 0.15) is 53.4 Å². The summed E-state index contributed by atoms with van der Waals surface area (Å²) in [6.45, 7) is 12.1. The van der Waals surface area contributed by atoms with E-state index in [4.69, 9.17) is 0 Å². The molecule has 0 spiro atoms. The second kappa shape index (κ2) is 8.03. The molecule has 0 unspecified atom stereocenters. The van der Waals surface area contributed by atoms with Crippen molar-refractivity contribution < 1.29 is 0 Å². The lowest BCUT2D eigenvalue weighted by Crippen LogP contribution is -2.32. The standard InChI is InChI=1S/C16H33NSi/c1-5-14-18(6-2,7-3)15-11-16(4)17-12-9-8-10-13-17/h11H,5-10,12-15H2,1-4H3. The Morgan fingerprint density at radius 1 is 1.06 bits per heavy atom. The molecule has 1 heterocycles. The van der Waals surface area contributed by atoms with Crippen molar-refractivity contribution in [1.82, 2.24) is 4.90 Å². The Labute approximate surface area is 116 Å². The van der Waals surface area contributed by atoms with Crippen molar-refractivity contribution in [2.24, 2.45) is 0 Å². The summed E-state index contributed by atoms with van der Waals surface area (Å²) in [7, 11) is -0.973. The van der Waals surface area contributed by atoms with Crippen LogP contribution < -0.4 is 0 Å². The van der Waals surface area contributed by atoms with E-state index in [9.17, 15) is 0 Å². The molecule has 18 heavy (non-hydrogen) atoms. The van der Waals surface area contributed by atoms with Crippen LogP contribution >= 0.6 is 0 Å². The molecule has 2 heteroatoms. The van der Waals surface area contributed by atoms with Crippen LogP contribution in [0.5, 0.6) is 0 Å². The maximum atomic E-state index is 2.61. The van der Waals surface area contributed by atoms with Crippen molar-refractivity contribution in [1.29, 1.82) is 0 Å². The lowest BCUT2D eigenvalue weighted by Gasteiger charge is -2.32. The van der Waals surface area contributed by atoms with Crippen LogP contribution in [0.2, 0.25) is 24.2 Å². The van der Waals surface area contributed by atoms with Gasteiger partial charge in [-0.3, -0.25) is 0 Å². The van der Waals surface area contributed by atoms with Gasteiger partial charge in [0.1, 0.15) is 0 Å². The summed E-state index contributed by atoms with van der Waals surface area (Å²) in [6.07, 6.45) is 8.18. The van der Waals surface area contributed by atoms with Crippen molar-refractivity contribution in [3.8, 4) is 0 Å². The molecule has 0 aromatic rings. The minimum Gasteiger partial charge on any atom is -0.375 e. The normalized spacial score (nSPS) is 18.2. The lowest BCUT2D eigenvalue weighted by atomic mass is 10.1. The van der Waals surface area contributed by atoms with Crippen LogP contribution in [0.15, 0.2) is 11.8 Å². The third-order valence-electron chi connectivity index (χ3n) is 4.97. The zero-order chi connectivity index (χ0) is 13.4. The second-order valence-electron chi connectivity index (χ2n) is 6.05. The summed E-state index contributed by atoms with van der Waals surface area (Å²) >= 11 is 0. The summed E-state index contributed by atoms with van der Waals surface area (Å²) < 4.78 is 0. The number of allylic oxidation sites excluding steroid dienone is 2. The molecular formula is C16H33NSi. The number of likely N-dealkylation sites (tertiary alicyclic amines) is 1. The van der Waals surface area contributed by atoms with Crippen LogP contribution in [0.25, 0.3) is 0 Å². The molecule has 1 nitrogen and oxygen atoms in total. The summed E-state index contributed by atoms with van der Waals surface area (Å²) in [6, 6.07) is 5.85. The first kappa shape index (κ1) is 15.8. The molecule has 0 aromatic heterocycles. The lowest BCUT2D eigenvalue weighted by molar-refractivity contribution is 0.285. The third-order valence-corrected chi connectivity index (χ3v) is 10.6. The van der Waals surface area contributed by atoms with Crippen molar-refractivity contribution in [2.75, 3.05) is 13.1 Å². The van der Waals surface area contributed by atoms with Gasteiger partial charge in [0.15, 0.2) is 0 Å². The van der Waals surface area contributed by atoms with Gasteiger partial charge in [0, 0.05) is 18.8 Å². The van der Waals surface area contributed by atoms with Gasteiger partial charge < -0.3 is 4.90 Å². The van der Waals surface area contributed by atoms with E-state index in [0.717, 1.165) is 0 Å². The van der Waals surface area contributed by atoms with E-state index in [1.54, 1.807) is 5.70 Å². The molecule has 0 aromatic carbocycles. The Kier molecular flexibility index (Phi) is 7.06. The van der Waals surface area contributed by atoms with Crippen molar-refractivity contribution in [3.05, 3.63) is 11.8 Å². The maximum Gasteiger partial charge on any atom is 0.0568 e. The molecule has 0 saturated carbocycles. The van der Waals surface area contributed by atoms with Gasteiger partial charge in [0.05, 0.1) is 8.07 Å². The van der Waals surface area contributed by atoms with E-state index in [0.29, 0.717) is 0 Å². The predicted molar refractivity (Wildman–Crippen MR) is 85.8 cm³/mol. The van der Waals surface area contributed by atoms with Gasteiger partial charge in [0.25, 0.3) is 0 Å². The van der Waals surface area contributed by atoms with Crippen LogP contribution in [0, 0.1) is 0 Å². The molecule has 0 N–H and O–H groups in total. The number of hydrogen-bond donors (Lipinski definition) is 0. The van der Waals surface area contributed by atoms with E-state index >= 15 is 0 Å². The summed E-state index contributed by atoms with van der Waals surface area (Å²) in [5.74, 6) is 0. The maximum absolute atomic E-state index is 2.61. The highest BCUT2D eigenvalue weighted by atomic mass is 28.3. The fourth-order valence-corrected chi connectivity index (χ4v) is 7.04. The SMILES string of the molecule is CCC[Si](CC)(CC)CC=C(C)N1CCCCC1. The summed E-state index contributed by atoms with van der Waals surface area (Å²) in [5, 5.41) is 0. The van der Waals surface area contributed by atoms with Crippen LogP contribution in [-0.4, -0.2) is 26.1 Å². The highest BCUT2D eigenvalue weighted by molar-refractivity contribution is 6.80. The monoisotopic (exact) mass is 267 g/mol. The van der Waals surface area contributed by atoms with E-state index in [1.807, 2.05) is 0 Å². The zero-order valence-corrected chi connectivity index (χ0v) is 14.1. The number of hydrogen-bond acceptors (Lipinski definition) is 1. The second-order valence-corrected chi connectivity index (χ2v) is 11.4. The Balaban J connectivity index is 2.57. The first-order valence-electron chi connectivity index (χ1n) is 8.09. The molecule has 0 bridgehead atoms. The first-order chi connectivity index (χ1) is 8.67. The molecule has 1 aliphatic heterocycles. The van der Waals surface area contributed by atoms with Gasteiger partial charge in [-0.15, -0.1) is 0 Å². The van der Waals surface area contributed by atoms with Crippen LogP contribution in [0.3, 0.4) is 0 Å². The van der Waals surface area contributed by atoms with Crippen molar-refractivity contribution in [3.63, 3.8) is 0 Å². The van der Waals surface area contributed by atoms with Crippen LogP contribution in [0.4, 0.5) is 0 Å². The predicted octanol–water partition coefficient (Wildman–Crippen LogP) is 5.27. The van der Waals surface area contributed by atoms with E-state index in [1.165, 1.54) is 62.9 Å². The molecule has 106 valence electrons. The topological polar surface area (TPSA) is 3.24 Å². The van der Waals surface area contributed by atoms with Crippen LogP contribution in [-0.2, 0) is 0 Å². The molecule has 0 amide bonds. The largest absolute Gasteiger partial charge is 0.375 e. The number of rotatable bonds is 7. The molecule has 1 rings (SSSR count). The van der Waals surface area contributed by atoms with Gasteiger partial charge in [-0.1, -0.05) is 51.4 Å². The Bertz CT molecular complexity index is 250. The zero-order valence-electron chi connectivity index (χ0n) is 13.1. The average molecular weight is 268 g/mol. The van der Waals surface area contributed by atoms with Gasteiger partial charge in [-0.25, -0.2) is 0 Å². The van der Waals surface area contributed by atoms with E-state index < -0.39 is 8.07 Å². The Hall–Kier alpha value is -0.243. The fraction of sp³-hybridized carbons (Fsp3) is 0.875. The van der Waals surface area contributed by atoms with Crippen molar-refractivity contribution >= 4 is 8.07 Å².